The van der Waals surface area contributed by atoms with Crippen molar-refractivity contribution in [1.82, 2.24) is 0 Å². The Balaban J connectivity index is 1.38. The minimum absolute atomic E-state index is 0.630. The molecule has 0 atom stereocenters. The second kappa shape index (κ2) is 8.15. The van der Waals surface area contributed by atoms with Gasteiger partial charge in [-0.25, -0.2) is 0 Å². The molecule has 0 bridgehead atoms. The molecule has 25 heavy (non-hydrogen) atoms. The second-order valence-corrected chi connectivity index (χ2v) is 7.10. The van der Waals surface area contributed by atoms with E-state index in [4.69, 9.17) is 20.9 Å². The van der Waals surface area contributed by atoms with Crippen LogP contribution in [0, 0.1) is 18.8 Å². The Bertz CT molecular complexity index is 677. The van der Waals surface area contributed by atoms with Crippen molar-refractivity contribution in [1.29, 1.82) is 0 Å². The zero-order valence-corrected chi connectivity index (χ0v) is 14.9. The molecule has 0 amide bonds. The van der Waals surface area contributed by atoms with Crippen molar-refractivity contribution in [2.75, 3.05) is 24.7 Å². The van der Waals surface area contributed by atoms with Crippen LogP contribution in [0.5, 0.6) is 11.5 Å². The number of rotatable bonds is 6. The molecule has 0 aromatic heterocycles. The van der Waals surface area contributed by atoms with E-state index >= 15 is 0 Å². The van der Waals surface area contributed by atoms with Gasteiger partial charge < -0.3 is 20.9 Å². The molecule has 0 heterocycles. The second-order valence-electron chi connectivity index (χ2n) is 7.10. The van der Waals surface area contributed by atoms with Gasteiger partial charge in [-0.05, 0) is 92.5 Å². The zero-order chi connectivity index (χ0) is 17.6. The predicted molar refractivity (Wildman–Crippen MR) is 103 cm³/mol. The van der Waals surface area contributed by atoms with E-state index in [1.165, 1.54) is 25.7 Å². The van der Waals surface area contributed by atoms with E-state index < -0.39 is 0 Å². The fraction of sp³-hybridized carbons (Fsp3) is 0.429. The van der Waals surface area contributed by atoms with Crippen molar-refractivity contribution in [3.63, 3.8) is 0 Å². The predicted octanol–water partition coefficient (Wildman–Crippen LogP) is 4.42. The molecular formula is C21H28N2O2. The van der Waals surface area contributed by atoms with E-state index in [1.807, 2.05) is 49.4 Å². The Morgan fingerprint density at radius 3 is 1.88 bits per heavy atom. The molecule has 0 radical (unpaired) electrons. The smallest absolute Gasteiger partial charge is 0.119 e. The lowest BCUT2D eigenvalue weighted by atomic mass is 9.83. The van der Waals surface area contributed by atoms with Crippen molar-refractivity contribution in [3.8, 4) is 11.5 Å². The SMILES string of the molecule is Cc1cc(OCC2CCC(COc3ccc(N)cc3)CC2)ccc1N. The molecule has 1 saturated carbocycles. The summed E-state index contributed by atoms with van der Waals surface area (Å²) >= 11 is 0. The van der Waals surface area contributed by atoms with Crippen molar-refractivity contribution >= 4 is 11.4 Å². The van der Waals surface area contributed by atoms with E-state index in [9.17, 15) is 0 Å². The summed E-state index contributed by atoms with van der Waals surface area (Å²) in [6.07, 6.45) is 4.79. The van der Waals surface area contributed by atoms with E-state index in [0.717, 1.165) is 41.7 Å². The minimum atomic E-state index is 0.630. The standard InChI is InChI=1S/C21H28N2O2/c1-15-12-20(10-11-21(15)23)25-14-17-4-2-16(3-5-17)13-24-19-8-6-18(22)7-9-19/h6-12,16-17H,2-5,13-14,22-23H2,1H3. The quantitative estimate of drug-likeness (QED) is 0.764. The van der Waals surface area contributed by atoms with E-state index in [-0.39, 0.29) is 0 Å². The average molecular weight is 340 g/mol. The lowest BCUT2D eigenvalue weighted by Gasteiger charge is -2.28. The largest absolute Gasteiger partial charge is 0.493 e. The Morgan fingerprint density at radius 2 is 1.32 bits per heavy atom. The van der Waals surface area contributed by atoms with Crippen LogP contribution in [0.25, 0.3) is 0 Å². The summed E-state index contributed by atoms with van der Waals surface area (Å²) in [5, 5.41) is 0. The highest BCUT2D eigenvalue weighted by atomic mass is 16.5. The molecule has 2 aromatic carbocycles. The van der Waals surface area contributed by atoms with Crippen LogP contribution in [0.4, 0.5) is 11.4 Å². The summed E-state index contributed by atoms with van der Waals surface area (Å²) in [4.78, 5) is 0. The molecule has 1 aliphatic carbocycles. The molecule has 1 fully saturated rings. The molecule has 2 aromatic rings. The maximum absolute atomic E-state index is 5.96. The molecule has 1 aliphatic rings. The van der Waals surface area contributed by atoms with Crippen LogP contribution in [-0.4, -0.2) is 13.2 Å². The van der Waals surface area contributed by atoms with Gasteiger partial charge in [0.25, 0.3) is 0 Å². The summed E-state index contributed by atoms with van der Waals surface area (Å²) in [6.45, 7) is 3.58. The Kier molecular flexibility index (Phi) is 5.69. The van der Waals surface area contributed by atoms with Gasteiger partial charge in [0.05, 0.1) is 13.2 Å². The molecule has 4 heteroatoms. The topological polar surface area (TPSA) is 70.5 Å². The van der Waals surface area contributed by atoms with Crippen molar-refractivity contribution in [2.24, 2.45) is 11.8 Å². The van der Waals surface area contributed by atoms with Gasteiger partial charge in [0.2, 0.25) is 0 Å². The molecule has 0 spiro atoms. The van der Waals surface area contributed by atoms with Gasteiger partial charge in [-0.15, -0.1) is 0 Å². The summed E-state index contributed by atoms with van der Waals surface area (Å²) in [7, 11) is 0. The van der Waals surface area contributed by atoms with Crippen molar-refractivity contribution < 1.29 is 9.47 Å². The summed E-state index contributed by atoms with van der Waals surface area (Å²) in [5.41, 5.74) is 14.2. The van der Waals surface area contributed by atoms with Gasteiger partial charge in [-0.3, -0.25) is 0 Å². The first-order chi connectivity index (χ1) is 12.1. The first-order valence-corrected chi connectivity index (χ1v) is 9.07. The molecule has 134 valence electrons. The van der Waals surface area contributed by atoms with Crippen LogP contribution in [0.1, 0.15) is 31.2 Å². The molecular weight excluding hydrogens is 312 g/mol. The third-order valence-electron chi connectivity index (χ3n) is 5.06. The Hall–Kier alpha value is -2.36. The number of aryl methyl sites for hydroxylation is 1. The Morgan fingerprint density at radius 1 is 0.800 bits per heavy atom. The maximum Gasteiger partial charge on any atom is 0.119 e. The normalized spacial score (nSPS) is 20.2. The minimum Gasteiger partial charge on any atom is -0.493 e. The van der Waals surface area contributed by atoms with Crippen LogP contribution in [0.15, 0.2) is 42.5 Å². The maximum atomic E-state index is 5.96. The van der Waals surface area contributed by atoms with Crippen LogP contribution in [0.3, 0.4) is 0 Å². The first-order valence-electron chi connectivity index (χ1n) is 9.07. The van der Waals surface area contributed by atoms with Gasteiger partial charge in [0.15, 0.2) is 0 Å². The third-order valence-corrected chi connectivity index (χ3v) is 5.06. The van der Waals surface area contributed by atoms with Crippen LogP contribution in [0.2, 0.25) is 0 Å². The summed E-state index contributed by atoms with van der Waals surface area (Å²) in [5.74, 6) is 3.08. The van der Waals surface area contributed by atoms with Crippen LogP contribution in [-0.2, 0) is 0 Å². The van der Waals surface area contributed by atoms with Gasteiger partial charge >= 0.3 is 0 Å². The first kappa shape index (κ1) is 17.5. The van der Waals surface area contributed by atoms with Gasteiger partial charge in [-0.2, -0.15) is 0 Å². The number of nitrogen functional groups attached to an aromatic ring is 2. The molecule has 0 unspecified atom stereocenters. The number of nitrogens with two attached hydrogens (primary N) is 2. The van der Waals surface area contributed by atoms with Gasteiger partial charge in [0.1, 0.15) is 11.5 Å². The van der Waals surface area contributed by atoms with E-state index in [1.54, 1.807) is 0 Å². The highest BCUT2D eigenvalue weighted by Crippen LogP contribution is 2.30. The van der Waals surface area contributed by atoms with Crippen molar-refractivity contribution in [2.45, 2.75) is 32.6 Å². The number of benzene rings is 2. The molecule has 0 saturated heterocycles. The Labute approximate surface area is 150 Å². The van der Waals surface area contributed by atoms with Gasteiger partial charge in [-0.1, -0.05) is 0 Å². The number of anilines is 2. The van der Waals surface area contributed by atoms with Crippen LogP contribution < -0.4 is 20.9 Å². The highest BCUT2D eigenvalue weighted by molar-refractivity contribution is 5.49. The zero-order valence-electron chi connectivity index (χ0n) is 14.9. The van der Waals surface area contributed by atoms with Crippen LogP contribution >= 0.6 is 0 Å². The summed E-state index contributed by atoms with van der Waals surface area (Å²) in [6, 6.07) is 13.5. The fourth-order valence-electron chi connectivity index (χ4n) is 3.29. The van der Waals surface area contributed by atoms with Crippen molar-refractivity contribution in [3.05, 3.63) is 48.0 Å². The average Bonchev–Trinajstić information content (AvgIpc) is 2.63. The molecule has 3 rings (SSSR count). The van der Waals surface area contributed by atoms with E-state index in [2.05, 4.69) is 0 Å². The summed E-state index contributed by atoms with van der Waals surface area (Å²) < 4.78 is 11.8. The molecule has 4 nitrogen and oxygen atoms in total. The monoisotopic (exact) mass is 340 g/mol. The molecule has 0 aliphatic heterocycles. The number of hydrogen-bond acceptors (Lipinski definition) is 4. The van der Waals surface area contributed by atoms with E-state index in [0.29, 0.717) is 11.8 Å². The highest BCUT2D eigenvalue weighted by Gasteiger charge is 2.22. The number of ether oxygens (including phenoxy) is 2. The number of hydrogen-bond donors (Lipinski definition) is 2. The lowest BCUT2D eigenvalue weighted by molar-refractivity contribution is 0.148. The lowest BCUT2D eigenvalue weighted by Crippen LogP contribution is -2.23. The fourth-order valence-corrected chi connectivity index (χ4v) is 3.29. The van der Waals surface area contributed by atoms with Gasteiger partial charge in [0, 0.05) is 11.4 Å². The molecule has 4 N–H and O–H groups in total. The third kappa shape index (κ3) is 5.05.